The number of unbranched alkanes of at least 4 members (excludes halogenated alkanes) is 2. The second kappa shape index (κ2) is 9.07. The number of alkyl halides is 1. The predicted molar refractivity (Wildman–Crippen MR) is 102 cm³/mol. The molecule has 2 atom stereocenters. The molecule has 0 amide bonds. The second-order valence-corrected chi connectivity index (χ2v) is 7.27. The number of aromatic hydroxyl groups is 1. The Labute approximate surface area is 151 Å². The van der Waals surface area contributed by atoms with Gasteiger partial charge in [0.05, 0.1) is 0 Å². The minimum Gasteiger partial charge on any atom is -0.507 e. The predicted octanol–water partition coefficient (Wildman–Crippen LogP) is 6.45. The Balaban J connectivity index is 2.43. The fourth-order valence-corrected chi connectivity index (χ4v) is 3.81. The van der Waals surface area contributed by atoms with E-state index in [0.717, 1.165) is 49.7 Å². The van der Waals surface area contributed by atoms with Gasteiger partial charge in [0.2, 0.25) is 6.86 Å². The maximum atomic E-state index is 13.0. The average molecular weight is 346 g/mol. The van der Waals surface area contributed by atoms with Gasteiger partial charge in [-0.3, -0.25) is 0 Å². The highest BCUT2D eigenvalue weighted by atomic mass is 19.1. The van der Waals surface area contributed by atoms with Crippen LogP contribution in [0.25, 0.3) is 0 Å². The number of phenolic OH excluding ortho intramolecular Hbond substituents is 1. The van der Waals surface area contributed by atoms with Gasteiger partial charge in [-0.05, 0) is 63.1 Å². The van der Waals surface area contributed by atoms with Crippen molar-refractivity contribution < 1.29 is 14.2 Å². The van der Waals surface area contributed by atoms with Crippen LogP contribution in [0.2, 0.25) is 0 Å². The van der Waals surface area contributed by atoms with Gasteiger partial charge in [0, 0.05) is 11.5 Å². The molecular formula is C22H31FO2. The van der Waals surface area contributed by atoms with Gasteiger partial charge in [0.1, 0.15) is 11.5 Å². The standard InChI is InChI=1S/C22H31FO2/c1-5-6-7-8-17-12-20(24)22(21(13-17)25-14-23)19-11-16(4)9-10-18(19)15(2)3/h11-13,18-19,24H,2,5-10,14H2,1,3-4H3. The molecule has 0 aliphatic heterocycles. The van der Waals surface area contributed by atoms with Gasteiger partial charge in [-0.1, -0.05) is 43.6 Å². The van der Waals surface area contributed by atoms with Gasteiger partial charge in [-0.15, -0.1) is 0 Å². The Morgan fingerprint density at radius 2 is 2.12 bits per heavy atom. The number of ether oxygens (including phenoxy) is 1. The van der Waals surface area contributed by atoms with Crippen molar-refractivity contribution in [3.05, 3.63) is 47.1 Å². The maximum absolute atomic E-state index is 13.0. The Bertz CT molecular complexity index is 633. The average Bonchev–Trinajstić information content (AvgIpc) is 2.55. The Morgan fingerprint density at radius 1 is 1.36 bits per heavy atom. The molecule has 138 valence electrons. The summed E-state index contributed by atoms with van der Waals surface area (Å²) in [5.41, 5.74) is 4.08. The fraction of sp³-hybridized carbons (Fsp3) is 0.545. The number of phenols is 1. The van der Waals surface area contributed by atoms with Crippen molar-refractivity contribution in [1.82, 2.24) is 0 Å². The molecule has 2 unspecified atom stereocenters. The van der Waals surface area contributed by atoms with Crippen molar-refractivity contribution in [2.45, 2.75) is 65.2 Å². The van der Waals surface area contributed by atoms with Crippen molar-refractivity contribution in [3.63, 3.8) is 0 Å². The van der Waals surface area contributed by atoms with Crippen molar-refractivity contribution in [3.8, 4) is 11.5 Å². The van der Waals surface area contributed by atoms with Gasteiger partial charge >= 0.3 is 0 Å². The second-order valence-electron chi connectivity index (χ2n) is 7.27. The number of benzene rings is 1. The maximum Gasteiger partial charge on any atom is 0.228 e. The van der Waals surface area contributed by atoms with E-state index in [1.165, 1.54) is 5.57 Å². The number of hydrogen-bond donors (Lipinski definition) is 1. The lowest BCUT2D eigenvalue weighted by molar-refractivity contribution is 0.188. The molecule has 0 radical (unpaired) electrons. The van der Waals surface area contributed by atoms with E-state index in [2.05, 4.69) is 26.5 Å². The Kier molecular flexibility index (Phi) is 7.10. The molecule has 0 saturated heterocycles. The lowest BCUT2D eigenvalue weighted by Crippen LogP contribution is -2.18. The monoisotopic (exact) mass is 346 g/mol. The van der Waals surface area contributed by atoms with Crippen LogP contribution >= 0.6 is 0 Å². The van der Waals surface area contributed by atoms with E-state index in [4.69, 9.17) is 4.74 Å². The molecule has 2 rings (SSSR count). The molecule has 3 heteroatoms. The largest absolute Gasteiger partial charge is 0.507 e. The zero-order valence-corrected chi connectivity index (χ0v) is 15.8. The molecule has 1 aliphatic rings. The Hall–Kier alpha value is -1.77. The molecule has 1 aromatic carbocycles. The molecule has 0 bridgehead atoms. The number of halogens is 1. The lowest BCUT2D eigenvalue weighted by Gasteiger charge is -2.32. The van der Waals surface area contributed by atoms with Gasteiger partial charge in [-0.25, -0.2) is 4.39 Å². The number of aryl methyl sites for hydroxylation is 1. The third-order valence-corrected chi connectivity index (χ3v) is 5.17. The third kappa shape index (κ3) is 4.87. The summed E-state index contributed by atoms with van der Waals surface area (Å²) in [4.78, 5) is 0. The number of allylic oxidation sites excluding steroid dienone is 3. The van der Waals surface area contributed by atoms with Crippen molar-refractivity contribution >= 4 is 0 Å². The Morgan fingerprint density at radius 3 is 2.76 bits per heavy atom. The van der Waals surface area contributed by atoms with E-state index in [1.54, 1.807) is 0 Å². The minimum absolute atomic E-state index is 0.0162. The van der Waals surface area contributed by atoms with Crippen LogP contribution < -0.4 is 4.74 Å². The number of rotatable bonds is 8. The van der Waals surface area contributed by atoms with Crippen LogP contribution in [-0.4, -0.2) is 12.0 Å². The van der Waals surface area contributed by atoms with Crippen molar-refractivity contribution in [2.75, 3.05) is 6.86 Å². The first-order valence-corrected chi connectivity index (χ1v) is 9.35. The molecule has 25 heavy (non-hydrogen) atoms. The summed E-state index contributed by atoms with van der Waals surface area (Å²) >= 11 is 0. The van der Waals surface area contributed by atoms with E-state index in [1.807, 2.05) is 19.1 Å². The molecule has 1 aromatic rings. The highest BCUT2D eigenvalue weighted by molar-refractivity contribution is 5.52. The molecule has 0 heterocycles. The van der Waals surface area contributed by atoms with Crippen molar-refractivity contribution in [1.29, 1.82) is 0 Å². The van der Waals surface area contributed by atoms with Gasteiger partial charge in [0.25, 0.3) is 0 Å². The van der Waals surface area contributed by atoms with E-state index >= 15 is 0 Å². The zero-order valence-electron chi connectivity index (χ0n) is 15.8. The first-order chi connectivity index (χ1) is 12.0. The van der Waals surface area contributed by atoms with Crippen LogP contribution in [0, 0.1) is 5.92 Å². The van der Waals surface area contributed by atoms with Gasteiger partial charge in [-0.2, -0.15) is 0 Å². The fourth-order valence-electron chi connectivity index (χ4n) is 3.81. The molecule has 0 aromatic heterocycles. The van der Waals surface area contributed by atoms with Gasteiger partial charge in [0.15, 0.2) is 0 Å². The summed E-state index contributed by atoms with van der Waals surface area (Å²) in [6.07, 6.45) is 8.42. The van der Waals surface area contributed by atoms with Crippen LogP contribution in [0.5, 0.6) is 11.5 Å². The molecular weight excluding hydrogens is 315 g/mol. The number of hydrogen-bond acceptors (Lipinski definition) is 2. The first-order valence-electron chi connectivity index (χ1n) is 9.35. The topological polar surface area (TPSA) is 29.5 Å². The highest BCUT2D eigenvalue weighted by Crippen LogP contribution is 2.46. The lowest BCUT2D eigenvalue weighted by atomic mass is 9.73. The molecule has 1 aliphatic carbocycles. The normalized spacial score (nSPS) is 20.2. The molecule has 1 N–H and O–H groups in total. The first kappa shape index (κ1) is 19.6. The molecule has 2 nitrogen and oxygen atoms in total. The van der Waals surface area contributed by atoms with Crippen LogP contribution in [0.4, 0.5) is 4.39 Å². The summed E-state index contributed by atoms with van der Waals surface area (Å²) in [6.45, 7) is 9.53. The summed E-state index contributed by atoms with van der Waals surface area (Å²) < 4.78 is 18.3. The van der Waals surface area contributed by atoms with E-state index in [0.29, 0.717) is 11.3 Å². The smallest absolute Gasteiger partial charge is 0.228 e. The molecule has 0 saturated carbocycles. The van der Waals surface area contributed by atoms with Crippen LogP contribution in [0.1, 0.15) is 69.9 Å². The summed E-state index contributed by atoms with van der Waals surface area (Å²) in [6, 6.07) is 3.72. The molecule has 0 spiro atoms. The van der Waals surface area contributed by atoms with Crippen molar-refractivity contribution in [2.24, 2.45) is 5.92 Å². The summed E-state index contributed by atoms with van der Waals surface area (Å²) in [5.74, 6) is 0.899. The van der Waals surface area contributed by atoms with Crippen LogP contribution in [0.15, 0.2) is 35.9 Å². The van der Waals surface area contributed by atoms with E-state index in [-0.39, 0.29) is 17.6 Å². The highest BCUT2D eigenvalue weighted by Gasteiger charge is 2.30. The van der Waals surface area contributed by atoms with Crippen LogP contribution in [0.3, 0.4) is 0 Å². The van der Waals surface area contributed by atoms with Gasteiger partial charge < -0.3 is 9.84 Å². The quantitative estimate of drug-likeness (QED) is 0.433. The molecule has 0 fully saturated rings. The summed E-state index contributed by atoms with van der Waals surface area (Å²) in [7, 11) is 0. The van der Waals surface area contributed by atoms with Crippen LogP contribution in [-0.2, 0) is 6.42 Å². The summed E-state index contributed by atoms with van der Waals surface area (Å²) in [5, 5.41) is 10.7. The minimum atomic E-state index is -0.891. The van der Waals surface area contributed by atoms with E-state index < -0.39 is 6.86 Å². The SMILES string of the molecule is C=C(C)C1CCC(C)=CC1c1c(O)cc(CCCCC)cc1OCF. The zero-order chi connectivity index (χ0) is 18.4. The third-order valence-electron chi connectivity index (χ3n) is 5.17. The van der Waals surface area contributed by atoms with E-state index in [9.17, 15) is 9.50 Å².